The van der Waals surface area contributed by atoms with Crippen LogP contribution in [0.3, 0.4) is 0 Å². The predicted molar refractivity (Wildman–Crippen MR) is 118 cm³/mol. The van der Waals surface area contributed by atoms with Gasteiger partial charge in [0.05, 0.1) is 0 Å². The second-order valence-electron chi connectivity index (χ2n) is 12.3. The summed E-state index contributed by atoms with van der Waals surface area (Å²) in [6.45, 7) is 11.2. The molecule has 3 fully saturated rings. The number of fused-ring (bicyclic) bond motifs is 5. The standard InChI is InChI=1S/C27H45F/c1-19(9-8-16-25(2,3)28)22-13-14-23-21-12-11-20-10-6-7-17-26(20,4)24(21)15-18-27(22,23)5/h11,19,21-24H,6-10,12-18H2,1-5H3/t19-,21+,22-,23+,24+,26+,27-/m1/s1. The van der Waals surface area contributed by atoms with Crippen LogP contribution in [-0.4, -0.2) is 5.67 Å². The molecule has 0 radical (unpaired) electrons. The van der Waals surface area contributed by atoms with Crippen LogP contribution in [0.25, 0.3) is 0 Å². The molecular weight excluding hydrogens is 343 g/mol. The average molecular weight is 389 g/mol. The minimum absolute atomic E-state index is 0.527. The molecule has 4 rings (SSSR count). The van der Waals surface area contributed by atoms with Gasteiger partial charge in [-0.2, -0.15) is 0 Å². The normalized spacial score (nSPS) is 44.3. The Morgan fingerprint density at radius 2 is 1.89 bits per heavy atom. The highest BCUT2D eigenvalue weighted by molar-refractivity contribution is 5.24. The Kier molecular flexibility index (Phi) is 5.54. The van der Waals surface area contributed by atoms with E-state index in [0.29, 0.717) is 10.8 Å². The average Bonchev–Trinajstić information content (AvgIpc) is 2.97. The minimum Gasteiger partial charge on any atom is -0.245 e. The van der Waals surface area contributed by atoms with Gasteiger partial charge in [-0.05, 0) is 112 Å². The molecule has 0 bridgehead atoms. The van der Waals surface area contributed by atoms with Crippen LogP contribution in [0, 0.1) is 40.4 Å². The zero-order valence-corrected chi connectivity index (χ0v) is 19.3. The quantitative estimate of drug-likeness (QED) is 0.414. The van der Waals surface area contributed by atoms with Crippen molar-refractivity contribution in [3.63, 3.8) is 0 Å². The fourth-order valence-corrected chi connectivity index (χ4v) is 8.72. The van der Waals surface area contributed by atoms with Crippen LogP contribution in [0.4, 0.5) is 4.39 Å². The van der Waals surface area contributed by atoms with Crippen molar-refractivity contribution in [1.29, 1.82) is 0 Å². The molecule has 0 nitrogen and oxygen atoms in total. The summed E-state index contributed by atoms with van der Waals surface area (Å²) in [5.41, 5.74) is 1.91. The van der Waals surface area contributed by atoms with Gasteiger partial charge in [0, 0.05) is 0 Å². The Labute approximate surface area is 174 Å². The lowest BCUT2D eigenvalue weighted by Gasteiger charge is -2.58. The molecular formula is C27H45F. The van der Waals surface area contributed by atoms with Gasteiger partial charge in [-0.1, -0.05) is 51.7 Å². The van der Waals surface area contributed by atoms with Gasteiger partial charge in [-0.3, -0.25) is 0 Å². The molecule has 0 heterocycles. The van der Waals surface area contributed by atoms with E-state index in [1.165, 1.54) is 64.2 Å². The van der Waals surface area contributed by atoms with Crippen LogP contribution < -0.4 is 0 Å². The molecule has 0 aromatic rings. The van der Waals surface area contributed by atoms with Crippen LogP contribution in [0.1, 0.15) is 112 Å². The zero-order chi connectivity index (χ0) is 20.2. The molecule has 0 aromatic carbocycles. The summed E-state index contributed by atoms with van der Waals surface area (Å²) >= 11 is 0. The molecule has 0 aliphatic heterocycles. The van der Waals surface area contributed by atoms with Crippen molar-refractivity contribution in [2.24, 2.45) is 40.4 Å². The predicted octanol–water partition coefficient (Wildman–Crippen LogP) is 8.51. The second-order valence-corrected chi connectivity index (χ2v) is 12.3. The summed E-state index contributed by atoms with van der Waals surface area (Å²) in [7, 11) is 0. The monoisotopic (exact) mass is 388 g/mol. The number of hydrogen-bond donors (Lipinski definition) is 0. The Balaban J connectivity index is 1.47. The molecule has 4 aliphatic rings. The lowest BCUT2D eigenvalue weighted by Crippen LogP contribution is -2.50. The van der Waals surface area contributed by atoms with E-state index in [9.17, 15) is 4.39 Å². The van der Waals surface area contributed by atoms with Crippen LogP contribution in [0.15, 0.2) is 11.6 Å². The van der Waals surface area contributed by atoms with Gasteiger partial charge in [0.1, 0.15) is 5.67 Å². The smallest absolute Gasteiger partial charge is 0.105 e. The van der Waals surface area contributed by atoms with Gasteiger partial charge in [-0.15, -0.1) is 0 Å². The maximum absolute atomic E-state index is 13.9. The molecule has 1 heteroatoms. The molecule has 160 valence electrons. The molecule has 3 saturated carbocycles. The first-order valence-electron chi connectivity index (χ1n) is 12.5. The lowest BCUT2D eigenvalue weighted by atomic mass is 9.47. The van der Waals surface area contributed by atoms with Crippen molar-refractivity contribution in [1.82, 2.24) is 0 Å². The Hall–Kier alpha value is -0.330. The summed E-state index contributed by atoms with van der Waals surface area (Å²) in [6.07, 6.45) is 18.6. The number of alkyl halides is 1. The molecule has 28 heavy (non-hydrogen) atoms. The van der Waals surface area contributed by atoms with Crippen LogP contribution >= 0.6 is 0 Å². The van der Waals surface area contributed by atoms with Crippen molar-refractivity contribution in [2.45, 2.75) is 117 Å². The molecule has 0 N–H and O–H groups in total. The van der Waals surface area contributed by atoms with Crippen molar-refractivity contribution < 1.29 is 4.39 Å². The molecule has 7 atom stereocenters. The first kappa shape index (κ1) is 20.9. The number of rotatable bonds is 5. The van der Waals surface area contributed by atoms with Gasteiger partial charge >= 0.3 is 0 Å². The molecule has 0 amide bonds. The highest BCUT2D eigenvalue weighted by Crippen LogP contribution is 2.67. The fraction of sp³-hybridized carbons (Fsp3) is 0.926. The summed E-state index contributed by atoms with van der Waals surface area (Å²) in [5, 5.41) is 0. The van der Waals surface area contributed by atoms with Gasteiger partial charge in [-0.25, -0.2) is 4.39 Å². The summed E-state index contributed by atoms with van der Waals surface area (Å²) < 4.78 is 13.9. The van der Waals surface area contributed by atoms with E-state index in [0.717, 1.165) is 42.4 Å². The second kappa shape index (κ2) is 7.42. The number of halogens is 1. The molecule has 0 aromatic heterocycles. The summed E-state index contributed by atoms with van der Waals surface area (Å²) in [5.74, 6) is 4.45. The molecule has 4 aliphatic carbocycles. The third-order valence-electron chi connectivity index (χ3n) is 10.2. The van der Waals surface area contributed by atoms with Crippen LogP contribution in [0.5, 0.6) is 0 Å². The van der Waals surface area contributed by atoms with E-state index >= 15 is 0 Å². The van der Waals surface area contributed by atoms with Crippen molar-refractivity contribution in [3.05, 3.63) is 11.6 Å². The third kappa shape index (κ3) is 3.51. The number of allylic oxidation sites excluding steroid dienone is 2. The minimum atomic E-state index is -0.999. The van der Waals surface area contributed by atoms with Gasteiger partial charge < -0.3 is 0 Å². The Morgan fingerprint density at radius 3 is 2.64 bits per heavy atom. The van der Waals surface area contributed by atoms with Crippen molar-refractivity contribution in [2.75, 3.05) is 0 Å². The summed E-state index contributed by atoms with van der Waals surface area (Å²) in [6, 6.07) is 0. The third-order valence-corrected chi connectivity index (χ3v) is 10.2. The summed E-state index contributed by atoms with van der Waals surface area (Å²) in [4.78, 5) is 0. The van der Waals surface area contributed by atoms with Gasteiger partial charge in [0.15, 0.2) is 0 Å². The molecule has 0 unspecified atom stereocenters. The maximum Gasteiger partial charge on any atom is 0.105 e. The van der Waals surface area contributed by atoms with Crippen LogP contribution in [-0.2, 0) is 0 Å². The van der Waals surface area contributed by atoms with Crippen LogP contribution in [0.2, 0.25) is 0 Å². The van der Waals surface area contributed by atoms with E-state index in [1.807, 2.05) is 5.57 Å². The van der Waals surface area contributed by atoms with Gasteiger partial charge in [0.2, 0.25) is 0 Å². The van der Waals surface area contributed by atoms with Gasteiger partial charge in [0.25, 0.3) is 0 Å². The van der Waals surface area contributed by atoms with E-state index < -0.39 is 5.67 Å². The highest BCUT2D eigenvalue weighted by Gasteiger charge is 2.58. The Morgan fingerprint density at radius 1 is 1.11 bits per heavy atom. The topological polar surface area (TPSA) is 0 Å². The fourth-order valence-electron chi connectivity index (χ4n) is 8.72. The SMILES string of the molecule is C[C@H](CCCC(C)(C)F)[C@H]1CC[C@H]2[C@@H]3CC=C4CCCC[C@]4(C)[C@H]3CC[C@]12C. The maximum atomic E-state index is 13.9. The largest absolute Gasteiger partial charge is 0.245 e. The molecule has 0 spiro atoms. The van der Waals surface area contributed by atoms with E-state index in [2.05, 4.69) is 26.8 Å². The number of hydrogen-bond acceptors (Lipinski definition) is 0. The van der Waals surface area contributed by atoms with E-state index in [-0.39, 0.29) is 0 Å². The van der Waals surface area contributed by atoms with E-state index in [4.69, 9.17) is 0 Å². The van der Waals surface area contributed by atoms with Crippen molar-refractivity contribution in [3.8, 4) is 0 Å². The van der Waals surface area contributed by atoms with E-state index in [1.54, 1.807) is 13.8 Å². The Bertz CT molecular complexity index is 598. The first-order chi connectivity index (χ1) is 13.2. The lowest BCUT2D eigenvalue weighted by molar-refractivity contribution is -0.0501. The highest BCUT2D eigenvalue weighted by atomic mass is 19.1. The molecule has 0 saturated heterocycles. The van der Waals surface area contributed by atoms with Crippen molar-refractivity contribution >= 4 is 0 Å². The first-order valence-corrected chi connectivity index (χ1v) is 12.5. The zero-order valence-electron chi connectivity index (χ0n) is 19.3.